The molecule has 0 amide bonds. The minimum Gasteiger partial charge on any atom is -0.506 e. The van der Waals surface area contributed by atoms with E-state index in [2.05, 4.69) is 21.6 Å². The van der Waals surface area contributed by atoms with Gasteiger partial charge in [0.25, 0.3) is 0 Å². The van der Waals surface area contributed by atoms with Gasteiger partial charge in [-0.05, 0) is 13.8 Å². The van der Waals surface area contributed by atoms with E-state index in [1.54, 1.807) is 13.8 Å². The smallest absolute Gasteiger partial charge is 0.506 e. The van der Waals surface area contributed by atoms with Gasteiger partial charge in [-0.1, -0.05) is 23.3 Å². The number of benzene rings is 2. The molecule has 2 aromatic rings. The third kappa shape index (κ3) is 8.42. The van der Waals surface area contributed by atoms with Crippen molar-refractivity contribution in [3.05, 3.63) is 71.3 Å². The van der Waals surface area contributed by atoms with Crippen LogP contribution in [-0.4, -0.2) is 25.2 Å². The molecule has 0 bridgehead atoms. The zero-order chi connectivity index (χ0) is 17.9. The molecule has 0 atom stereocenters. The number of carbonyl (C=O) groups excluding carboxylic acids is 2. The molecule has 0 radical (unpaired) electrons. The van der Waals surface area contributed by atoms with Crippen LogP contribution in [0, 0.1) is 23.8 Å². The number of hydrogen-bond donors (Lipinski definition) is 0. The van der Waals surface area contributed by atoms with Crippen LogP contribution < -0.4 is 0 Å². The van der Waals surface area contributed by atoms with Crippen molar-refractivity contribution in [2.45, 2.75) is 13.8 Å². The molecule has 7 heteroatoms. The zero-order valence-corrected chi connectivity index (χ0v) is 14.7. The molecular formula is C18H16F2FeO4. The van der Waals surface area contributed by atoms with Crippen molar-refractivity contribution in [1.29, 1.82) is 0 Å². The maximum Gasteiger partial charge on any atom is 2.00 e. The van der Waals surface area contributed by atoms with E-state index in [1.165, 1.54) is 36.4 Å². The van der Waals surface area contributed by atoms with Crippen molar-refractivity contribution in [3.8, 4) is 0 Å². The van der Waals surface area contributed by atoms with Crippen molar-refractivity contribution >= 4 is 11.9 Å². The fraction of sp³-hybridized carbons (Fsp3) is 0.222. The standard InChI is InChI=1S/2C9H8FO2.Fe/c2*1-2-12-9(11)7-4-3-5-8(10)6-7;/h2*3-5H,2H2,1H3;/q2*-1;+2. The average Bonchev–Trinajstić information content (AvgIpc) is 2.56. The zero-order valence-electron chi connectivity index (χ0n) is 13.6. The minimum atomic E-state index is -0.555. The largest absolute Gasteiger partial charge is 2.00 e. The summed E-state index contributed by atoms with van der Waals surface area (Å²) in [4.78, 5) is 22.0. The third-order valence-corrected chi connectivity index (χ3v) is 2.51. The molecule has 0 aliphatic carbocycles. The van der Waals surface area contributed by atoms with Crippen LogP contribution in [0.1, 0.15) is 34.6 Å². The Labute approximate surface area is 155 Å². The summed E-state index contributed by atoms with van der Waals surface area (Å²) in [5.41, 5.74) is 0.244. The maximum absolute atomic E-state index is 12.5. The Kier molecular flexibility index (Phi) is 11.1. The van der Waals surface area contributed by atoms with Crippen molar-refractivity contribution in [2.75, 3.05) is 13.2 Å². The second-order valence-corrected chi connectivity index (χ2v) is 4.27. The molecule has 25 heavy (non-hydrogen) atoms. The molecule has 0 N–H and O–H groups in total. The van der Waals surface area contributed by atoms with Crippen LogP contribution in [0.4, 0.5) is 8.78 Å². The Morgan fingerprint density at radius 1 is 0.840 bits per heavy atom. The Hall–Kier alpha value is -2.24. The van der Waals surface area contributed by atoms with E-state index in [0.29, 0.717) is 0 Å². The van der Waals surface area contributed by atoms with Crippen LogP contribution >= 0.6 is 0 Å². The first-order valence-corrected chi connectivity index (χ1v) is 7.17. The summed E-state index contributed by atoms with van der Waals surface area (Å²) in [6.45, 7) is 3.95. The van der Waals surface area contributed by atoms with E-state index in [9.17, 15) is 18.4 Å². The van der Waals surface area contributed by atoms with Gasteiger partial charge in [-0.25, -0.2) is 8.78 Å². The van der Waals surface area contributed by atoms with Gasteiger partial charge in [-0.3, -0.25) is 0 Å². The molecule has 4 nitrogen and oxygen atoms in total. The number of esters is 2. The van der Waals surface area contributed by atoms with Crippen LogP contribution in [0.3, 0.4) is 0 Å². The van der Waals surface area contributed by atoms with E-state index in [0.717, 1.165) is 0 Å². The molecule has 0 heterocycles. The van der Waals surface area contributed by atoms with Gasteiger partial charge in [0.05, 0.1) is 13.2 Å². The fourth-order valence-corrected chi connectivity index (χ4v) is 1.54. The maximum atomic E-state index is 12.5. The van der Waals surface area contributed by atoms with Gasteiger partial charge in [0.2, 0.25) is 11.9 Å². The summed E-state index contributed by atoms with van der Waals surface area (Å²) in [5.74, 6) is -2.20. The molecule has 2 aromatic carbocycles. The Morgan fingerprint density at radius 2 is 1.20 bits per heavy atom. The van der Waals surface area contributed by atoms with E-state index in [-0.39, 0.29) is 41.4 Å². The molecule has 0 saturated heterocycles. The van der Waals surface area contributed by atoms with E-state index >= 15 is 0 Å². The number of rotatable bonds is 4. The predicted molar refractivity (Wildman–Crippen MR) is 82.4 cm³/mol. The number of halogens is 2. The SMILES string of the molecule is CCOC(=O)c1[c-]c(F)ccc1.CCOC(=O)c1[c-]c(F)ccc1.[Fe+2]. The molecule has 0 aliphatic rings. The summed E-state index contributed by atoms with van der Waals surface area (Å²) < 4.78 is 34.3. The van der Waals surface area contributed by atoms with Gasteiger partial charge in [-0.2, -0.15) is 0 Å². The Morgan fingerprint density at radius 3 is 1.48 bits per heavy atom. The summed E-state index contributed by atoms with van der Waals surface area (Å²) in [5, 5.41) is 0. The van der Waals surface area contributed by atoms with E-state index < -0.39 is 23.6 Å². The quantitative estimate of drug-likeness (QED) is 0.455. The molecular weight excluding hydrogens is 374 g/mol. The molecule has 0 fully saturated rings. The molecule has 0 unspecified atom stereocenters. The summed E-state index contributed by atoms with van der Waals surface area (Å²) in [6, 6.07) is 12.8. The molecule has 0 aromatic heterocycles. The first-order chi connectivity index (χ1) is 11.5. The third-order valence-electron chi connectivity index (χ3n) is 2.51. The Balaban J connectivity index is 0.000000443. The second kappa shape index (κ2) is 12.2. The van der Waals surface area contributed by atoms with Gasteiger partial charge in [-0.15, -0.1) is 36.4 Å². The monoisotopic (exact) mass is 390 g/mol. The summed E-state index contributed by atoms with van der Waals surface area (Å²) in [6.07, 6.45) is 0. The number of ether oxygens (including phenoxy) is 2. The number of hydrogen-bond acceptors (Lipinski definition) is 4. The van der Waals surface area contributed by atoms with Crippen LogP contribution in [0.25, 0.3) is 0 Å². The molecule has 0 aliphatic heterocycles. The van der Waals surface area contributed by atoms with Gasteiger partial charge >= 0.3 is 17.1 Å². The van der Waals surface area contributed by atoms with Crippen LogP contribution in [-0.2, 0) is 26.5 Å². The molecule has 2 rings (SSSR count). The van der Waals surface area contributed by atoms with Crippen molar-refractivity contribution in [1.82, 2.24) is 0 Å². The van der Waals surface area contributed by atoms with Crippen molar-refractivity contribution < 1.29 is 44.9 Å². The van der Waals surface area contributed by atoms with Crippen LogP contribution in [0.5, 0.6) is 0 Å². The van der Waals surface area contributed by atoms with Gasteiger partial charge in [0.1, 0.15) is 0 Å². The van der Waals surface area contributed by atoms with Crippen molar-refractivity contribution in [3.63, 3.8) is 0 Å². The van der Waals surface area contributed by atoms with Gasteiger partial charge in [0, 0.05) is 11.6 Å². The van der Waals surface area contributed by atoms with E-state index in [1.807, 2.05) is 0 Å². The first kappa shape index (κ1) is 22.8. The second-order valence-electron chi connectivity index (χ2n) is 4.27. The first-order valence-electron chi connectivity index (χ1n) is 7.17. The molecule has 134 valence electrons. The summed E-state index contributed by atoms with van der Waals surface area (Å²) >= 11 is 0. The Bertz CT molecular complexity index is 633. The van der Waals surface area contributed by atoms with Crippen molar-refractivity contribution in [2.24, 2.45) is 0 Å². The van der Waals surface area contributed by atoms with Gasteiger partial charge in [0.15, 0.2) is 0 Å². The van der Waals surface area contributed by atoms with E-state index in [4.69, 9.17) is 0 Å². The normalized spacial score (nSPS) is 9.12. The fourth-order valence-electron chi connectivity index (χ4n) is 1.54. The number of carbonyl (C=O) groups is 2. The molecule has 0 spiro atoms. The minimum absolute atomic E-state index is 0. The van der Waals surface area contributed by atoms with Crippen LogP contribution in [0.2, 0.25) is 0 Å². The average molecular weight is 390 g/mol. The topological polar surface area (TPSA) is 52.6 Å². The van der Waals surface area contributed by atoms with Crippen LogP contribution in [0.15, 0.2) is 36.4 Å². The molecule has 0 saturated carbocycles. The summed E-state index contributed by atoms with van der Waals surface area (Å²) in [7, 11) is 0. The van der Waals surface area contributed by atoms with Gasteiger partial charge < -0.3 is 19.1 Å². The predicted octanol–water partition coefficient (Wildman–Crippen LogP) is 3.60.